The van der Waals surface area contributed by atoms with Gasteiger partial charge in [-0.15, -0.1) is 0 Å². The summed E-state index contributed by atoms with van der Waals surface area (Å²) in [5.41, 5.74) is 10.9. The standard InChI is InChI=1S/C11H13ClN2O2/c12-9-4-2-1-3-7(9)8(11(14)16)5-6-10(13)15/h1-4,8H,5-6H2,(H2,13,15)(H2,14,16). The first kappa shape index (κ1) is 12.5. The number of carbonyl (C=O) groups excluding carboxylic acids is 2. The van der Waals surface area contributed by atoms with E-state index in [1.54, 1.807) is 24.3 Å². The molecule has 86 valence electrons. The van der Waals surface area contributed by atoms with Gasteiger partial charge in [-0.1, -0.05) is 29.8 Å². The fourth-order valence-electron chi connectivity index (χ4n) is 1.50. The molecule has 0 saturated carbocycles. The Bertz CT molecular complexity index is 407. The molecule has 1 rings (SSSR count). The van der Waals surface area contributed by atoms with E-state index in [0.29, 0.717) is 10.6 Å². The van der Waals surface area contributed by atoms with Gasteiger partial charge < -0.3 is 11.5 Å². The van der Waals surface area contributed by atoms with Gasteiger partial charge >= 0.3 is 0 Å². The first-order valence-electron chi connectivity index (χ1n) is 4.84. The van der Waals surface area contributed by atoms with E-state index in [2.05, 4.69) is 0 Å². The Morgan fingerprint density at radius 3 is 2.38 bits per heavy atom. The van der Waals surface area contributed by atoms with E-state index in [1.165, 1.54) is 0 Å². The number of primary amides is 2. The van der Waals surface area contributed by atoms with Crippen molar-refractivity contribution in [2.45, 2.75) is 18.8 Å². The third-order valence-electron chi connectivity index (χ3n) is 2.30. The smallest absolute Gasteiger partial charge is 0.225 e. The Morgan fingerprint density at radius 2 is 1.88 bits per heavy atom. The number of halogens is 1. The second kappa shape index (κ2) is 5.51. The predicted octanol–water partition coefficient (Wildman–Crippen LogP) is 1.17. The highest BCUT2D eigenvalue weighted by Crippen LogP contribution is 2.27. The zero-order valence-corrected chi connectivity index (χ0v) is 9.41. The molecule has 1 unspecified atom stereocenters. The van der Waals surface area contributed by atoms with Crippen LogP contribution in [0.25, 0.3) is 0 Å². The highest BCUT2D eigenvalue weighted by Gasteiger charge is 2.20. The van der Waals surface area contributed by atoms with Crippen molar-refractivity contribution in [2.24, 2.45) is 11.5 Å². The molecule has 4 N–H and O–H groups in total. The summed E-state index contributed by atoms with van der Waals surface area (Å²) >= 11 is 5.95. The minimum Gasteiger partial charge on any atom is -0.370 e. The monoisotopic (exact) mass is 240 g/mol. The molecule has 0 saturated heterocycles. The molecule has 0 aliphatic rings. The van der Waals surface area contributed by atoms with Crippen molar-refractivity contribution in [3.63, 3.8) is 0 Å². The third-order valence-corrected chi connectivity index (χ3v) is 2.65. The minimum absolute atomic E-state index is 0.110. The molecule has 2 amide bonds. The van der Waals surface area contributed by atoms with Crippen LogP contribution < -0.4 is 11.5 Å². The SMILES string of the molecule is NC(=O)CCC(C(N)=O)c1ccccc1Cl. The fraction of sp³-hybridized carbons (Fsp3) is 0.273. The molecule has 1 atom stereocenters. The summed E-state index contributed by atoms with van der Waals surface area (Å²) in [6.45, 7) is 0. The van der Waals surface area contributed by atoms with Crippen molar-refractivity contribution in [3.05, 3.63) is 34.9 Å². The quantitative estimate of drug-likeness (QED) is 0.810. The van der Waals surface area contributed by atoms with Crippen LogP contribution in [0.4, 0.5) is 0 Å². The van der Waals surface area contributed by atoms with Gasteiger partial charge in [0.05, 0.1) is 5.92 Å². The van der Waals surface area contributed by atoms with Crippen LogP contribution in [-0.2, 0) is 9.59 Å². The first-order chi connectivity index (χ1) is 7.52. The minimum atomic E-state index is -0.568. The number of amides is 2. The van der Waals surface area contributed by atoms with Gasteiger partial charge in [0.15, 0.2) is 0 Å². The summed E-state index contributed by atoms with van der Waals surface area (Å²) in [6.07, 6.45) is 0.396. The van der Waals surface area contributed by atoms with Crippen LogP contribution in [0.5, 0.6) is 0 Å². The lowest BCUT2D eigenvalue weighted by Gasteiger charge is -2.14. The van der Waals surface area contributed by atoms with E-state index in [4.69, 9.17) is 23.1 Å². The molecule has 16 heavy (non-hydrogen) atoms. The average molecular weight is 241 g/mol. The molecule has 0 aliphatic heterocycles. The third kappa shape index (κ3) is 3.24. The molecule has 0 heterocycles. The maximum Gasteiger partial charge on any atom is 0.225 e. The van der Waals surface area contributed by atoms with Gasteiger partial charge in [0.1, 0.15) is 0 Å². The molecule has 0 aromatic heterocycles. The molecule has 0 bridgehead atoms. The summed E-state index contributed by atoms with van der Waals surface area (Å²) in [7, 11) is 0. The lowest BCUT2D eigenvalue weighted by atomic mass is 9.93. The van der Waals surface area contributed by atoms with Crippen LogP contribution >= 0.6 is 11.6 Å². The van der Waals surface area contributed by atoms with Crippen LogP contribution in [0.15, 0.2) is 24.3 Å². The number of nitrogens with two attached hydrogens (primary N) is 2. The molecule has 1 aromatic carbocycles. The molecule has 0 fully saturated rings. The van der Waals surface area contributed by atoms with E-state index in [-0.39, 0.29) is 12.8 Å². The normalized spacial score (nSPS) is 12.1. The Labute approximate surface area is 98.6 Å². The van der Waals surface area contributed by atoms with E-state index < -0.39 is 17.7 Å². The second-order valence-electron chi connectivity index (χ2n) is 3.48. The zero-order chi connectivity index (χ0) is 12.1. The Balaban J connectivity index is 2.90. The molecule has 1 aromatic rings. The van der Waals surface area contributed by atoms with Gasteiger partial charge in [-0.2, -0.15) is 0 Å². The largest absolute Gasteiger partial charge is 0.370 e. The second-order valence-corrected chi connectivity index (χ2v) is 3.89. The van der Waals surface area contributed by atoms with Crippen molar-refractivity contribution in [1.82, 2.24) is 0 Å². The van der Waals surface area contributed by atoms with Crippen LogP contribution in [0.3, 0.4) is 0 Å². The lowest BCUT2D eigenvalue weighted by Crippen LogP contribution is -2.23. The maximum atomic E-state index is 11.3. The van der Waals surface area contributed by atoms with Crippen LogP contribution in [-0.4, -0.2) is 11.8 Å². The predicted molar refractivity (Wildman–Crippen MR) is 61.8 cm³/mol. The van der Waals surface area contributed by atoms with Gasteiger partial charge in [-0.3, -0.25) is 9.59 Å². The molecule has 4 nitrogen and oxygen atoms in total. The molecule has 0 spiro atoms. The molecular weight excluding hydrogens is 228 g/mol. The van der Waals surface area contributed by atoms with Crippen LogP contribution in [0, 0.1) is 0 Å². The van der Waals surface area contributed by atoms with Gasteiger partial charge in [0.25, 0.3) is 0 Å². The number of benzene rings is 1. The van der Waals surface area contributed by atoms with Gasteiger partial charge in [0, 0.05) is 11.4 Å². The van der Waals surface area contributed by atoms with Crippen LogP contribution in [0.2, 0.25) is 5.02 Å². The first-order valence-corrected chi connectivity index (χ1v) is 5.22. The van der Waals surface area contributed by atoms with Crippen molar-refractivity contribution in [3.8, 4) is 0 Å². The summed E-state index contributed by atoms with van der Waals surface area (Å²) < 4.78 is 0. The summed E-state index contributed by atoms with van der Waals surface area (Å²) in [4.78, 5) is 22.0. The fourth-order valence-corrected chi connectivity index (χ4v) is 1.76. The Hall–Kier alpha value is -1.55. The molecule has 0 radical (unpaired) electrons. The van der Waals surface area contributed by atoms with E-state index >= 15 is 0 Å². The van der Waals surface area contributed by atoms with Crippen LogP contribution in [0.1, 0.15) is 24.3 Å². The highest BCUT2D eigenvalue weighted by atomic mass is 35.5. The zero-order valence-electron chi connectivity index (χ0n) is 8.65. The summed E-state index contributed by atoms with van der Waals surface area (Å²) in [5, 5.41) is 0.468. The Morgan fingerprint density at radius 1 is 1.25 bits per heavy atom. The molecular formula is C11H13ClN2O2. The highest BCUT2D eigenvalue weighted by molar-refractivity contribution is 6.31. The summed E-state index contributed by atoms with van der Waals surface area (Å²) in [5.74, 6) is -1.53. The molecule has 5 heteroatoms. The summed E-state index contributed by atoms with van der Waals surface area (Å²) in [6, 6.07) is 6.93. The number of hydrogen-bond donors (Lipinski definition) is 2. The lowest BCUT2D eigenvalue weighted by molar-refractivity contribution is -0.120. The van der Waals surface area contributed by atoms with Crippen molar-refractivity contribution in [1.29, 1.82) is 0 Å². The Kier molecular flexibility index (Phi) is 4.31. The van der Waals surface area contributed by atoms with Crippen molar-refractivity contribution < 1.29 is 9.59 Å². The van der Waals surface area contributed by atoms with Gasteiger partial charge in [-0.05, 0) is 18.1 Å². The van der Waals surface area contributed by atoms with E-state index in [0.717, 1.165) is 0 Å². The number of rotatable bonds is 5. The number of carbonyl (C=O) groups is 2. The van der Waals surface area contributed by atoms with Gasteiger partial charge in [-0.25, -0.2) is 0 Å². The molecule has 0 aliphatic carbocycles. The van der Waals surface area contributed by atoms with E-state index in [1.807, 2.05) is 0 Å². The average Bonchev–Trinajstić information content (AvgIpc) is 2.20. The van der Waals surface area contributed by atoms with E-state index in [9.17, 15) is 9.59 Å². The maximum absolute atomic E-state index is 11.3. The van der Waals surface area contributed by atoms with Crippen molar-refractivity contribution in [2.75, 3.05) is 0 Å². The topological polar surface area (TPSA) is 86.2 Å². The number of hydrogen-bond acceptors (Lipinski definition) is 2. The van der Waals surface area contributed by atoms with Gasteiger partial charge in [0.2, 0.25) is 11.8 Å². The van der Waals surface area contributed by atoms with Crippen molar-refractivity contribution >= 4 is 23.4 Å².